The van der Waals surface area contributed by atoms with Crippen LogP contribution in [0.4, 0.5) is 0 Å². The molecule has 0 heterocycles. The monoisotopic (exact) mass is 521 g/mol. The highest BCUT2D eigenvalue weighted by molar-refractivity contribution is 5.95. The smallest absolute Gasteiger partial charge is 0.326 e. The molecule has 1 aromatic carbocycles. The van der Waals surface area contributed by atoms with E-state index in [2.05, 4.69) is 16.0 Å². The second kappa shape index (κ2) is 15.2. The molecule has 204 valence electrons. The van der Waals surface area contributed by atoms with Crippen molar-refractivity contribution in [2.75, 3.05) is 0 Å². The predicted octanol–water partition coefficient (Wildman–Crippen LogP) is -1.12. The summed E-state index contributed by atoms with van der Waals surface area (Å²) in [6.07, 6.45) is -0.788. The number of nitrogens with one attached hydrogen (secondary N) is 3. The molecule has 0 fully saturated rings. The Bertz CT molecular complexity index is 971. The van der Waals surface area contributed by atoms with Gasteiger partial charge in [0, 0.05) is 12.8 Å². The van der Waals surface area contributed by atoms with Crippen LogP contribution in [0.25, 0.3) is 0 Å². The van der Waals surface area contributed by atoms with Crippen molar-refractivity contribution >= 4 is 35.6 Å². The first-order chi connectivity index (χ1) is 17.3. The number of carboxylic acids is 2. The van der Waals surface area contributed by atoms with Gasteiger partial charge in [0.15, 0.2) is 0 Å². The highest BCUT2D eigenvalue weighted by Gasteiger charge is 2.33. The van der Waals surface area contributed by atoms with Gasteiger partial charge in [0.25, 0.3) is 0 Å². The fourth-order valence-electron chi connectivity index (χ4n) is 3.39. The van der Waals surface area contributed by atoms with Gasteiger partial charge in [-0.2, -0.15) is 0 Å². The fourth-order valence-corrected chi connectivity index (χ4v) is 3.39. The molecule has 9 N–H and O–H groups in total. The van der Waals surface area contributed by atoms with Gasteiger partial charge < -0.3 is 37.6 Å². The van der Waals surface area contributed by atoms with Crippen LogP contribution in [0, 0.1) is 5.92 Å². The summed E-state index contributed by atoms with van der Waals surface area (Å²) < 4.78 is 0. The lowest BCUT2D eigenvalue weighted by atomic mass is 9.96. The van der Waals surface area contributed by atoms with Gasteiger partial charge in [0.2, 0.25) is 23.6 Å². The van der Waals surface area contributed by atoms with Crippen molar-refractivity contribution in [1.82, 2.24) is 16.0 Å². The number of benzene rings is 1. The number of aliphatic carboxylic acids is 2. The number of nitrogens with two attached hydrogens (primary N) is 2. The SMILES string of the molecule is CCC(C)C(NC(=O)C(Cc1ccccc1)NC(=O)C(N)CC(N)=O)C(=O)NC(CCC(=O)O)C(=O)O. The third-order valence-electron chi connectivity index (χ3n) is 5.73. The molecule has 5 unspecified atom stereocenters. The largest absolute Gasteiger partial charge is 0.481 e. The zero-order valence-corrected chi connectivity index (χ0v) is 20.8. The fraction of sp³-hybridized carbons (Fsp3) is 0.500. The summed E-state index contributed by atoms with van der Waals surface area (Å²) in [6.45, 7) is 3.44. The minimum absolute atomic E-state index is 0.0346. The minimum Gasteiger partial charge on any atom is -0.481 e. The Balaban J connectivity index is 3.12. The van der Waals surface area contributed by atoms with Crippen LogP contribution in [0.2, 0.25) is 0 Å². The Morgan fingerprint density at radius 1 is 0.892 bits per heavy atom. The van der Waals surface area contributed by atoms with E-state index in [1.165, 1.54) is 0 Å². The van der Waals surface area contributed by atoms with Gasteiger partial charge in [0.05, 0.1) is 12.5 Å². The molecule has 0 spiro atoms. The van der Waals surface area contributed by atoms with Crippen molar-refractivity contribution in [2.45, 2.75) is 70.1 Å². The van der Waals surface area contributed by atoms with E-state index in [1.807, 2.05) is 0 Å². The molecule has 13 heteroatoms. The number of carboxylic acid groups (broad SMARTS) is 2. The molecule has 37 heavy (non-hydrogen) atoms. The molecule has 0 aliphatic rings. The number of primary amides is 1. The Hall–Kier alpha value is -4.00. The maximum atomic E-state index is 13.3. The van der Waals surface area contributed by atoms with E-state index in [0.29, 0.717) is 12.0 Å². The van der Waals surface area contributed by atoms with Gasteiger partial charge in [0.1, 0.15) is 18.1 Å². The van der Waals surface area contributed by atoms with Crippen molar-refractivity contribution in [2.24, 2.45) is 17.4 Å². The predicted molar refractivity (Wildman–Crippen MR) is 132 cm³/mol. The van der Waals surface area contributed by atoms with Crippen LogP contribution >= 0.6 is 0 Å². The van der Waals surface area contributed by atoms with Gasteiger partial charge in [-0.15, -0.1) is 0 Å². The van der Waals surface area contributed by atoms with Crippen LogP contribution in [0.15, 0.2) is 30.3 Å². The molecular formula is C24H35N5O8. The van der Waals surface area contributed by atoms with Crippen LogP contribution in [0.5, 0.6) is 0 Å². The first-order valence-corrected chi connectivity index (χ1v) is 11.8. The zero-order valence-electron chi connectivity index (χ0n) is 20.8. The summed E-state index contributed by atoms with van der Waals surface area (Å²) in [4.78, 5) is 72.3. The average molecular weight is 522 g/mol. The molecule has 5 atom stereocenters. The lowest BCUT2D eigenvalue weighted by Crippen LogP contribution is -2.59. The van der Waals surface area contributed by atoms with Crippen molar-refractivity contribution in [3.63, 3.8) is 0 Å². The maximum absolute atomic E-state index is 13.3. The summed E-state index contributed by atoms with van der Waals surface area (Å²) in [5.41, 5.74) is 11.5. The van der Waals surface area contributed by atoms with Gasteiger partial charge in [-0.1, -0.05) is 50.6 Å². The summed E-state index contributed by atoms with van der Waals surface area (Å²) in [7, 11) is 0. The van der Waals surface area contributed by atoms with E-state index in [1.54, 1.807) is 44.2 Å². The minimum atomic E-state index is -1.47. The Kier molecular flexibility index (Phi) is 12.7. The van der Waals surface area contributed by atoms with E-state index >= 15 is 0 Å². The van der Waals surface area contributed by atoms with Gasteiger partial charge >= 0.3 is 11.9 Å². The van der Waals surface area contributed by atoms with Crippen LogP contribution in [0.1, 0.15) is 45.1 Å². The number of amides is 4. The molecule has 0 radical (unpaired) electrons. The first kappa shape index (κ1) is 31.0. The average Bonchev–Trinajstić information content (AvgIpc) is 2.83. The van der Waals surface area contributed by atoms with Crippen molar-refractivity contribution < 1.29 is 39.0 Å². The lowest BCUT2D eigenvalue weighted by molar-refractivity contribution is -0.143. The molecular weight excluding hydrogens is 486 g/mol. The van der Waals surface area contributed by atoms with E-state index < -0.39 is 78.5 Å². The molecule has 0 saturated carbocycles. The highest BCUT2D eigenvalue weighted by Crippen LogP contribution is 2.11. The molecule has 0 saturated heterocycles. The molecule has 0 aromatic heterocycles. The van der Waals surface area contributed by atoms with Crippen molar-refractivity contribution in [1.29, 1.82) is 0 Å². The van der Waals surface area contributed by atoms with Crippen LogP contribution in [0.3, 0.4) is 0 Å². The quantitative estimate of drug-likeness (QED) is 0.139. The topological polar surface area (TPSA) is 231 Å². The van der Waals surface area contributed by atoms with Crippen LogP contribution in [-0.2, 0) is 35.2 Å². The summed E-state index contributed by atoms with van der Waals surface area (Å²) in [5.74, 6) is -6.21. The van der Waals surface area contributed by atoms with Crippen LogP contribution < -0.4 is 27.4 Å². The Morgan fingerprint density at radius 3 is 2.00 bits per heavy atom. The standard InChI is InChI=1S/C24H35N5O8/c1-3-13(2)20(23(35)27-16(24(36)37)9-10-19(31)32)29-22(34)17(11-14-7-5-4-6-8-14)28-21(33)15(25)12-18(26)30/h4-8,13,15-17,20H,3,9-12,25H2,1-2H3,(H2,26,30)(H,27,35)(H,28,33)(H,29,34)(H,31,32)(H,36,37). The lowest BCUT2D eigenvalue weighted by Gasteiger charge is -2.28. The number of hydrogen-bond acceptors (Lipinski definition) is 7. The van der Waals surface area contributed by atoms with E-state index in [0.717, 1.165) is 0 Å². The second-order valence-corrected chi connectivity index (χ2v) is 8.73. The van der Waals surface area contributed by atoms with Crippen molar-refractivity contribution in [3.05, 3.63) is 35.9 Å². The summed E-state index contributed by atoms with van der Waals surface area (Å²) in [6, 6.07) is 3.58. The normalized spacial score (nSPS) is 14.8. The third kappa shape index (κ3) is 11.1. The zero-order chi connectivity index (χ0) is 28.1. The van der Waals surface area contributed by atoms with Gasteiger partial charge in [-0.05, 0) is 17.9 Å². The van der Waals surface area contributed by atoms with Crippen molar-refractivity contribution in [3.8, 4) is 0 Å². The molecule has 0 bridgehead atoms. The van der Waals surface area contributed by atoms with Gasteiger partial charge in [-0.3, -0.25) is 24.0 Å². The van der Waals surface area contributed by atoms with Gasteiger partial charge in [-0.25, -0.2) is 4.79 Å². The third-order valence-corrected chi connectivity index (χ3v) is 5.73. The molecule has 0 aliphatic heterocycles. The number of hydrogen-bond donors (Lipinski definition) is 7. The first-order valence-electron chi connectivity index (χ1n) is 11.8. The number of carbonyl (C=O) groups is 6. The highest BCUT2D eigenvalue weighted by atomic mass is 16.4. The van der Waals surface area contributed by atoms with E-state index in [4.69, 9.17) is 16.6 Å². The molecule has 0 aliphatic carbocycles. The molecule has 4 amide bonds. The number of carbonyl (C=O) groups excluding carboxylic acids is 4. The molecule has 1 rings (SSSR count). The maximum Gasteiger partial charge on any atom is 0.326 e. The second-order valence-electron chi connectivity index (χ2n) is 8.73. The number of rotatable bonds is 16. The molecule has 13 nitrogen and oxygen atoms in total. The summed E-state index contributed by atoms with van der Waals surface area (Å²) in [5, 5.41) is 25.6. The van der Waals surface area contributed by atoms with E-state index in [9.17, 15) is 33.9 Å². The van der Waals surface area contributed by atoms with E-state index in [-0.39, 0.29) is 12.8 Å². The summed E-state index contributed by atoms with van der Waals surface area (Å²) >= 11 is 0. The molecule has 1 aromatic rings. The van der Waals surface area contributed by atoms with Crippen LogP contribution in [-0.4, -0.2) is 69.9 Å². The Morgan fingerprint density at radius 2 is 1.49 bits per heavy atom. The Labute approximate surface area is 214 Å².